The molecule has 0 unspecified atom stereocenters. The molecule has 3 heterocycles. The molecule has 0 bridgehead atoms. The van der Waals surface area contributed by atoms with E-state index in [1.807, 2.05) is 24.1 Å². The number of hydrogen-bond donors (Lipinski definition) is 0. The molecule has 2 aromatic carbocycles. The second-order valence-corrected chi connectivity index (χ2v) is 9.63. The molecule has 9 heteroatoms. The summed E-state index contributed by atoms with van der Waals surface area (Å²) in [5, 5.41) is 0.609. The topological polar surface area (TPSA) is 55.8 Å². The first-order chi connectivity index (χ1) is 17.4. The third kappa shape index (κ3) is 4.82. The van der Waals surface area contributed by atoms with Crippen molar-refractivity contribution in [1.29, 1.82) is 0 Å². The van der Waals surface area contributed by atoms with Gasteiger partial charge in [0.2, 0.25) is 5.95 Å². The van der Waals surface area contributed by atoms with E-state index in [1.54, 1.807) is 30.3 Å². The van der Waals surface area contributed by atoms with Crippen molar-refractivity contribution >= 4 is 35.0 Å². The van der Waals surface area contributed by atoms with Crippen molar-refractivity contribution in [3.63, 3.8) is 0 Å². The number of carbonyl (C=O) groups excluding carboxylic acids is 1. The largest absolute Gasteiger partial charge is 0.366 e. The molecule has 0 radical (unpaired) electrons. The van der Waals surface area contributed by atoms with Gasteiger partial charge in [-0.2, -0.15) is 4.98 Å². The van der Waals surface area contributed by atoms with Crippen molar-refractivity contribution in [1.82, 2.24) is 14.9 Å². The van der Waals surface area contributed by atoms with Gasteiger partial charge in [0.25, 0.3) is 5.91 Å². The summed E-state index contributed by atoms with van der Waals surface area (Å²) in [6.07, 6.45) is 0.671. The molecule has 188 valence electrons. The van der Waals surface area contributed by atoms with Crippen LogP contribution >= 0.6 is 11.6 Å². The maximum Gasteiger partial charge on any atom is 0.254 e. The molecule has 0 aliphatic carbocycles. The Morgan fingerprint density at radius 1 is 1.00 bits per heavy atom. The van der Waals surface area contributed by atoms with Crippen LogP contribution in [0.2, 0.25) is 5.02 Å². The maximum absolute atomic E-state index is 14.3. The Morgan fingerprint density at radius 2 is 1.69 bits per heavy atom. The van der Waals surface area contributed by atoms with Crippen LogP contribution in [0.1, 0.15) is 28.5 Å². The fraction of sp³-hybridized carbons (Fsp3) is 0.370. The second-order valence-electron chi connectivity index (χ2n) is 9.20. The Hall–Kier alpha value is -3.39. The highest BCUT2D eigenvalue weighted by atomic mass is 35.5. The summed E-state index contributed by atoms with van der Waals surface area (Å²) in [4.78, 5) is 31.3. The van der Waals surface area contributed by atoms with Gasteiger partial charge in [-0.3, -0.25) is 4.79 Å². The van der Waals surface area contributed by atoms with Crippen LogP contribution in [0.5, 0.6) is 0 Å². The third-order valence-corrected chi connectivity index (χ3v) is 7.25. The Bertz CT molecular complexity index is 1250. The van der Waals surface area contributed by atoms with Crippen LogP contribution in [0.3, 0.4) is 0 Å². The van der Waals surface area contributed by atoms with Crippen molar-refractivity contribution in [2.75, 3.05) is 61.0 Å². The lowest BCUT2D eigenvalue weighted by Crippen LogP contribution is -2.47. The van der Waals surface area contributed by atoms with Gasteiger partial charge < -0.3 is 19.6 Å². The molecular weight excluding hydrogens is 479 g/mol. The number of carbonyl (C=O) groups is 1. The maximum atomic E-state index is 14.3. The zero-order chi connectivity index (χ0) is 25.2. The van der Waals surface area contributed by atoms with Crippen molar-refractivity contribution in [3.05, 3.63) is 76.2 Å². The predicted octanol–water partition coefficient (Wildman–Crippen LogP) is 4.25. The number of rotatable bonds is 5. The van der Waals surface area contributed by atoms with Crippen LogP contribution in [-0.4, -0.2) is 67.1 Å². The SMILES string of the molecule is CCN(C)c1nc(N2CCN(c3ccccc3F)CC2)nc2c1CN(C(=O)c1ccc(Cl)cc1)CC2. The summed E-state index contributed by atoms with van der Waals surface area (Å²) in [5.74, 6) is 1.36. The molecule has 2 aliphatic heterocycles. The molecule has 3 aromatic rings. The van der Waals surface area contributed by atoms with Gasteiger partial charge in [-0.25, -0.2) is 9.37 Å². The van der Waals surface area contributed by atoms with E-state index < -0.39 is 0 Å². The molecule has 0 saturated carbocycles. The highest BCUT2D eigenvalue weighted by Crippen LogP contribution is 2.30. The van der Waals surface area contributed by atoms with E-state index in [1.165, 1.54) is 6.07 Å². The van der Waals surface area contributed by atoms with Gasteiger partial charge in [-0.1, -0.05) is 23.7 Å². The highest BCUT2D eigenvalue weighted by Gasteiger charge is 2.29. The summed E-state index contributed by atoms with van der Waals surface area (Å²) in [6.45, 7) is 6.76. The number of hydrogen-bond acceptors (Lipinski definition) is 6. The van der Waals surface area contributed by atoms with Gasteiger partial charge in [0, 0.05) is 68.9 Å². The average Bonchev–Trinajstić information content (AvgIpc) is 2.92. The van der Waals surface area contributed by atoms with Crippen LogP contribution in [-0.2, 0) is 13.0 Å². The summed E-state index contributed by atoms with van der Waals surface area (Å²) in [7, 11) is 2.02. The summed E-state index contributed by atoms with van der Waals surface area (Å²) >= 11 is 6.00. The molecule has 0 N–H and O–H groups in total. The standard InChI is InChI=1S/C27H30ClFN6O/c1-3-32(2)25-21-18-35(26(36)19-8-10-20(28)11-9-19)13-12-23(21)30-27(31-25)34-16-14-33(15-17-34)24-7-5-4-6-22(24)29/h4-11H,3,12-18H2,1-2H3. The van der Waals surface area contributed by atoms with E-state index in [4.69, 9.17) is 21.6 Å². The minimum Gasteiger partial charge on any atom is -0.366 e. The zero-order valence-electron chi connectivity index (χ0n) is 20.6. The molecule has 1 amide bonds. The van der Waals surface area contributed by atoms with Crippen LogP contribution < -0.4 is 14.7 Å². The Labute approximate surface area is 216 Å². The van der Waals surface area contributed by atoms with Crippen molar-refractivity contribution in [3.8, 4) is 0 Å². The number of nitrogens with zero attached hydrogens (tertiary/aromatic N) is 6. The summed E-state index contributed by atoms with van der Waals surface area (Å²) in [6, 6.07) is 13.9. The molecule has 0 spiro atoms. The van der Waals surface area contributed by atoms with Gasteiger partial charge in [0.15, 0.2) is 0 Å². The highest BCUT2D eigenvalue weighted by molar-refractivity contribution is 6.30. The average molecular weight is 509 g/mol. The van der Waals surface area contributed by atoms with E-state index in [2.05, 4.69) is 21.6 Å². The third-order valence-electron chi connectivity index (χ3n) is 7.00. The fourth-order valence-corrected chi connectivity index (χ4v) is 4.92. The number of amides is 1. The smallest absolute Gasteiger partial charge is 0.254 e. The van der Waals surface area contributed by atoms with E-state index >= 15 is 0 Å². The number of benzene rings is 2. The first-order valence-electron chi connectivity index (χ1n) is 12.3. The minimum absolute atomic E-state index is 0.0178. The van der Waals surface area contributed by atoms with Crippen LogP contribution in [0.25, 0.3) is 0 Å². The summed E-state index contributed by atoms with van der Waals surface area (Å²) in [5.41, 5.74) is 3.26. The van der Waals surface area contributed by atoms with E-state index in [-0.39, 0.29) is 11.7 Å². The molecule has 36 heavy (non-hydrogen) atoms. The lowest BCUT2D eigenvalue weighted by molar-refractivity contribution is 0.0733. The van der Waals surface area contributed by atoms with Gasteiger partial charge >= 0.3 is 0 Å². The van der Waals surface area contributed by atoms with Crippen molar-refractivity contribution < 1.29 is 9.18 Å². The molecule has 2 aliphatic rings. The lowest BCUT2D eigenvalue weighted by atomic mass is 10.0. The molecule has 1 aromatic heterocycles. The number of para-hydroxylation sites is 1. The van der Waals surface area contributed by atoms with Gasteiger partial charge in [-0.15, -0.1) is 0 Å². The van der Waals surface area contributed by atoms with Crippen LogP contribution in [0.15, 0.2) is 48.5 Å². The van der Waals surface area contributed by atoms with E-state index in [0.717, 1.165) is 23.6 Å². The molecule has 5 rings (SSSR count). The monoisotopic (exact) mass is 508 g/mol. The van der Waals surface area contributed by atoms with E-state index in [0.29, 0.717) is 67.9 Å². The fourth-order valence-electron chi connectivity index (χ4n) is 4.79. The molecule has 1 saturated heterocycles. The predicted molar refractivity (Wildman–Crippen MR) is 142 cm³/mol. The van der Waals surface area contributed by atoms with Crippen LogP contribution in [0.4, 0.5) is 21.8 Å². The molecular formula is C27H30ClFN6O. The Kier molecular flexibility index (Phi) is 6.96. The van der Waals surface area contributed by atoms with Crippen molar-refractivity contribution in [2.45, 2.75) is 19.9 Å². The minimum atomic E-state index is -0.194. The van der Waals surface area contributed by atoms with E-state index in [9.17, 15) is 9.18 Å². The quantitative estimate of drug-likeness (QED) is 0.513. The second kappa shape index (κ2) is 10.3. The number of fused-ring (bicyclic) bond motifs is 1. The number of anilines is 3. The zero-order valence-corrected chi connectivity index (χ0v) is 21.4. The normalized spacial score (nSPS) is 15.6. The Morgan fingerprint density at radius 3 is 2.39 bits per heavy atom. The van der Waals surface area contributed by atoms with Gasteiger partial charge in [0.1, 0.15) is 11.6 Å². The first kappa shape index (κ1) is 24.3. The van der Waals surface area contributed by atoms with Gasteiger partial charge in [0.05, 0.1) is 17.9 Å². The molecule has 0 atom stereocenters. The number of halogens is 2. The number of aromatic nitrogens is 2. The first-order valence-corrected chi connectivity index (χ1v) is 12.7. The Balaban J connectivity index is 1.36. The van der Waals surface area contributed by atoms with Gasteiger partial charge in [-0.05, 0) is 43.3 Å². The van der Waals surface area contributed by atoms with Crippen molar-refractivity contribution in [2.24, 2.45) is 0 Å². The van der Waals surface area contributed by atoms with Crippen LogP contribution in [0, 0.1) is 5.82 Å². The molecule has 7 nitrogen and oxygen atoms in total. The molecule has 1 fully saturated rings. The lowest BCUT2D eigenvalue weighted by Gasteiger charge is -2.37. The number of piperazine rings is 1. The summed E-state index contributed by atoms with van der Waals surface area (Å²) < 4.78 is 14.3.